The summed E-state index contributed by atoms with van der Waals surface area (Å²) in [5, 5.41) is 13.8. The van der Waals surface area contributed by atoms with E-state index in [9.17, 15) is 14.9 Å². The van der Waals surface area contributed by atoms with Crippen molar-refractivity contribution in [1.82, 2.24) is 19.9 Å². The van der Waals surface area contributed by atoms with Crippen LogP contribution in [0.25, 0.3) is 20.7 Å². The van der Waals surface area contributed by atoms with Crippen molar-refractivity contribution in [2.75, 3.05) is 12.0 Å². The molecule has 0 aliphatic heterocycles. The van der Waals surface area contributed by atoms with Gasteiger partial charge in [-0.1, -0.05) is 12.1 Å². The van der Waals surface area contributed by atoms with E-state index in [-0.39, 0.29) is 5.56 Å². The molecule has 11 heteroatoms. The fourth-order valence-electron chi connectivity index (χ4n) is 2.90. The van der Waals surface area contributed by atoms with Gasteiger partial charge in [-0.25, -0.2) is 14.8 Å². The van der Waals surface area contributed by atoms with Gasteiger partial charge in [0.05, 0.1) is 33.5 Å². The van der Waals surface area contributed by atoms with Crippen molar-refractivity contribution in [2.45, 2.75) is 6.92 Å². The number of hydrazone groups is 1. The van der Waals surface area contributed by atoms with E-state index in [4.69, 9.17) is 4.74 Å². The molecule has 3 aromatic heterocycles. The second-order valence-electron chi connectivity index (χ2n) is 6.14. The van der Waals surface area contributed by atoms with E-state index >= 15 is 0 Å². The number of rotatable bonds is 6. The minimum Gasteiger partial charge on any atom is -0.493 e. The lowest BCUT2D eigenvalue weighted by atomic mass is 10.1. The van der Waals surface area contributed by atoms with Crippen molar-refractivity contribution in [3.05, 3.63) is 68.8 Å². The average Bonchev–Trinajstić information content (AvgIpc) is 3.15. The number of para-hydroxylation sites is 1. The number of anilines is 1. The Labute approximate surface area is 178 Å². The number of hydrogen-bond donors (Lipinski definition) is 3. The maximum atomic E-state index is 11.8. The molecule has 0 unspecified atom stereocenters. The van der Waals surface area contributed by atoms with Gasteiger partial charge in [0.1, 0.15) is 23.7 Å². The second kappa shape index (κ2) is 8.60. The van der Waals surface area contributed by atoms with Crippen molar-refractivity contribution in [2.24, 2.45) is 5.10 Å². The Morgan fingerprint density at radius 2 is 2.16 bits per heavy atom. The smallest absolute Gasteiger partial charge is 0.325 e. The lowest BCUT2D eigenvalue weighted by molar-refractivity contribution is 0.341. The third-order valence-corrected chi connectivity index (χ3v) is 5.46. The summed E-state index contributed by atoms with van der Waals surface area (Å²) in [6, 6.07) is 9.71. The molecule has 0 bridgehead atoms. The molecule has 0 saturated heterocycles. The molecular weight excluding hydrogens is 418 g/mol. The van der Waals surface area contributed by atoms with Gasteiger partial charge in [-0.15, -0.1) is 11.3 Å². The van der Waals surface area contributed by atoms with Crippen molar-refractivity contribution >= 4 is 33.6 Å². The van der Waals surface area contributed by atoms with Crippen LogP contribution in [-0.4, -0.2) is 32.8 Å². The van der Waals surface area contributed by atoms with Crippen LogP contribution in [0.1, 0.15) is 18.1 Å². The van der Waals surface area contributed by atoms with Crippen molar-refractivity contribution in [1.29, 1.82) is 5.26 Å². The van der Waals surface area contributed by atoms with E-state index < -0.39 is 11.2 Å². The van der Waals surface area contributed by atoms with Gasteiger partial charge in [-0.2, -0.15) is 10.4 Å². The molecule has 0 spiro atoms. The Kier molecular flexibility index (Phi) is 5.55. The van der Waals surface area contributed by atoms with Crippen molar-refractivity contribution < 1.29 is 4.74 Å². The normalized spacial score (nSPS) is 11.0. The highest BCUT2D eigenvalue weighted by Gasteiger charge is 2.20. The lowest BCUT2D eigenvalue weighted by Crippen LogP contribution is -2.24. The van der Waals surface area contributed by atoms with Gasteiger partial charge in [-0.05, 0) is 19.1 Å². The molecule has 154 valence electrons. The van der Waals surface area contributed by atoms with Crippen LogP contribution < -0.4 is 21.4 Å². The fraction of sp³-hybridized carbons (Fsp3) is 0.100. The first-order valence-corrected chi connectivity index (χ1v) is 9.95. The summed E-state index contributed by atoms with van der Waals surface area (Å²) in [6.45, 7) is 2.39. The van der Waals surface area contributed by atoms with E-state index in [0.717, 1.165) is 5.56 Å². The lowest BCUT2D eigenvalue weighted by Gasteiger charge is -2.08. The van der Waals surface area contributed by atoms with Crippen LogP contribution in [0.2, 0.25) is 0 Å². The minimum absolute atomic E-state index is 0.160. The number of ether oxygens (including phenoxy) is 1. The summed E-state index contributed by atoms with van der Waals surface area (Å²) in [5.74, 6) is 1.05. The molecule has 0 radical (unpaired) electrons. The molecule has 0 atom stereocenters. The molecule has 0 fully saturated rings. The molecule has 10 nitrogen and oxygen atoms in total. The predicted octanol–water partition coefficient (Wildman–Crippen LogP) is 2.45. The van der Waals surface area contributed by atoms with E-state index in [1.165, 1.54) is 30.1 Å². The largest absolute Gasteiger partial charge is 0.493 e. The Morgan fingerprint density at radius 1 is 1.32 bits per heavy atom. The number of hydrogen-bond acceptors (Lipinski definition) is 9. The number of aromatic amines is 2. The maximum absolute atomic E-state index is 11.8. The van der Waals surface area contributed by atoms with Crippen LogP contribution >= 0.6 is 11.3 Å². The van der Waals surface area contributed by atoms with Gasteiger partial charge in [0.2, 0.25) is 0 Å². The number of fused-ring (bicyclic) bond motifs is 1. The molecule has 4 rings (SSSR count). The summed E-state index contributed by atoms with van der Waals surface area (Å²) in [7, 11) is 0. The van der Waals surface area contributed by atoms with Gasteiger partial charge in [-0.3, -0.25) is 15.2 Å². The van der Waals surface area contributed by atoms with E-state index in [2.05, 4.69) is 36.5 Å². The van der Waals surface area contributed by atoms with Crippen LogP contribution in [0.15, 0.2) is 51.5 Å². The van der Waals surface area contributed by atoms with Gasteiger partial charge in [0, 0.05) is 11.8 Å². The summed E-state index contributed by atoms with van der Waals surface area (Å²) in [5.41, 5.74) is 3.46. The van der Waals surface area contributed by atoms with E-state index in [1.54, 1.807) is 0 Å². The summed E-state index contributed by atoms with van der Waals surface area (Å²) in [6.07, 6.45) is 3.84. The Morgan fingerprint density at radius 3 is 2.94 bits per heavy atom. The third kappa shape index (κ3) is 3.92. The first-order valence-electron chi connectivity index (χ1n) is 9.13. The molecule has 4 aromatic rings. The van der Waals surface area contributed by atoms with Crippen LogP contribution in [0.5, 0.6) is 5.75 Å². The molecule has 3 N–H and O–H groups in total. The minimum atomic E-state index is -0.602. The van der Waals surface area contributed by atoms with Crippen LogP contribution in [0, 0.1) is 11.3 Å². The first kappa shape index (κ1) is 20.0. The van der Waals surface area contributed by atoms with E-state index in [1.807, 2.05) is 31.2 Å². The monoisotopic (exact) mass is 433 g/mol. The molecule has 0 saturated carbocycles. The van der Waals surface area contributed by atoms with Crippen LogP contribution in [0.3, 0.4) is 0 Å². The first-order chi connectivity index (χ1) is 15.1. The number of aromatic nitrogens is 4. The molecule has 0 amide bonds. The molecule has 0 aliphatic carbocycles. The molecular formula is C20H15N7O3S. The molecule has 1 aromatic carbocycles. The van der Waals surface area contributed by atoms with Gasteiger partial charge in [0.15, 0.2) is 5.82 Å². The SMILES string of the molecule is CCOc1ccccc1-c1sc2c(NN=Cc3c[nH]c(=O)[nH]c3=O)ncnc2c1C#N. The third-order valence-electron chi connectivity index (χ3n) is 4.24. The number of nitriles is 1. The Balaban J connectivity index is 1.76. The van der Waals surface area contributed by atoms with Crippen molar-refractivity contribution in [3.63, 3.8) is 0 Å². The van der Waals surface area contributed by atoms with E-state index in [0.29, 0.717) is 38.8 Å². The highest BCUT2D eigenvalue weighted by atomic mass is 32.1. The number of benzene rings is 1. The zero-order valence-corrected chi connectivity index (χ0v) is 17.0. The highest BCUT2D eigenvalue weighted by Crippen LogP contribution is 2.43. The molecule has 3 heterocycles. The number of H-pyrrole nitrogens is 2. The van der Waals surface area contributed by atoms with Crippen molar-refractivity contribution in [3.8, 4) is 22.3 Å². The van der Waals surface area contributed by atoms with Crippen LogP contribution in [0.4, 0.5) is 5.82 Å². The fourth-order valence-corrected chi connectivity index (χ4v) is 4.07. The zero-order chi connectivity index (χ0) is 21.8. The van der Waals surface area contributed by atoms with Gasteiger partial charge in [0.25, 0.3) is 5.56 Å². The second-order valence-corrected chi connectivity index (χ2v) is 7.17. The van der Waals surface area contributed by atoms with Gasteiger partial charge >= 0.3 is 5.69 Å². The van der Waals surface area contributed by atoms with Gasteiger partial charge < -0.3 is 9.72 Å². The molecule has 31 heavy (non-hydrogen) atoms. The number of nitrogens with zero attached hydrogens (tertiary/aromatic N) is 4. The summed E-state index contributed by atoms with van der Waals surface area (Å²) >= 11 is 1.34. The molecule has 0 aliphatic rings. The topological polar surface area (TPSA) is 149 Å². The van der Waals surface area contributed by atoms with Crippen LogP contribution in [-0.2, 0) is 0 Å². The zero-order valence-electron chi connectivity index (χ0n) is 16.2. The predicted molar refractivity (Wildman–Crippen MR) is 118 cm³/mol. The number of thiophene rings is 1. The quantitative estimate of drug-likeness (QED) is 0.312. The average molecular weight is 433 g/mol. The maximum Gasteiger partial charge on any atom is 0.325 e. The number of nitrogens with one attached hydrogen (secondary N) is 3. The Bertz CT molecular complexity index is 1450. The Hall–Kier alpha value is -4.30. The highest BCUT2D eigenvalue weighted by molar-refractivity contribution is 7.23. The summed E-state index contributed by atoms with van der Waals surface area (Å²) < 4.78 is 6.35. The standard InChI is InChI=1S/C20H15N7O3S/c1-2-30-14-6-4-3-5-12(14)16-13(7-21)15-17(31-16)18(24-10-23-15)27-25-9-11-8-22-20(29)26-19(11)28/h3-6,8-10H,2H2,1H3,(H,23,24,27)(H2,22,26,28,29). The summed E-state index contributed by atoms with van der Waals surface area (Å²) in [4.78, 5) is 36.5.